The zero-order valence-corrected chi connectivity index (χ0v) is 20.6. The van der Waals surface area contributed by atoms with E-state index in [0.29, 0.717) is 39.1 Å². The molecular weight excluding hydrogens is 462 g/mol. The minimum atomic E-state index is -1.39. The van der Waals surface area contributed by atoms with Crippen molar-refractivity contribution < 1.29 is 18.8 Å². The van der Waals surface area contributed by atoms with Crippen molar-refractivity contribution in [1.82, 2.24) is 4.57 Å². The van der Waals surface area contributed by atoms with Crippen LogP contribution < -0.4 is 10.3 Å². The summed E-state index contributed by atoms with van der Waals surface area (Å²) in [5.41, 5.74) is 1.72. The molecule has 0 spiro atoms. The SMILES string of the molecule is CC(C)OC(=O)c1cc2c(n(C3CC3)c1=O)-c1cc(Cl)c(OCCC3CC3)cc1[S+]([O-])C2C. The second-order valence-electron chi connectivity index (χ2n) is 9.52. The van der Waals surface area contributed by atoms with Crippen LogP contribution in [0.4, 0.5) is 0 Å². The molecule has 6 nitrogen and oxygen atoms in total. The molecule has 0 saturated heterocycles. The molecule has 0 amide bonds. The summed E-state index contributed by atoms with van der Waals surface area (Å²) in [7, 11) is 0. The van der Waals surface area contributed by atoms with E-state index in [9.17, 15) is 14.1 Å². The van der Waals surface area contributed by atoms with Crippen molar-refractivity contribution in [2.24, 2.45) is 5.92 Å². The van der Waals surface area contributed by atoms with Crippen LogP contribution in [0.25, 0.3) is 11.3 Å². The molecule has 0 N–H and O–H groups in total. The molecule has 1 aromatic carbocycles. The van der Waals surface area contributed by atoms with Crippen LogP contribution in [0.2, 0.25) is 5.02 Å². The van der Waals surface area contributed by atoms with Gasteiger partial charge in [-0.25, -0.2) is 4.79 Å². The van der Waals surface area contributed by atoms with Crippen molar-refractivity contribution in [3.63, 3.8) is 0 Å². The number of esters is 1. The molecular formula is C25H28ClNO5S. The summed E-state index contributed by atoms with van der Waals surface area (Å²) in [6, 6.07) is 5.11. The fraction of sp³-hybridized carbons (Fsp3) is 0.520. The predicted octanol–water partition coefficient (Wildman–Crippen LogP) is 5.43. The molecule has 33 heavy (non-hydrogen) atoms. The van der Waals surface area contributed by atoms with E-state index in [0.717, 1.165) is 25.2 Å². The number of nitrogens with zero attached hydrogens (tertiary/aromatic N) is 1. The van der Waals surface area contributed by atoms with Gasteiger partial charge in [-0.1, -0.05) is 24.4 Å². The van der Waals surface area contributed by atoms with Crippen molar-refractivity contribution in [3.05, 3.63) is 44.7 Å². The van der Waals surface area contributed by atoms with Crippen LogP contribution in [0.5, 0.6) is 5.75 Å². The maximum atomic E-state index is 13.5. The summed E-state index contributed by atoms with van der Waals surface area (Å²) in [4.78, 5) is 26.7. The highest BCUT2D eigenvalue weighted by atomic mass is 35.5. The number of aromatic nitrogens is 1. The second-order valence-corrected chi connectivity index (χ2v) is 11.7. The first-order valence-electron chi connectivity index (χ1n) is 11.6. The molecule has 0 bridgehead atoms. The fourth-order valence-corrected chi connectivity index (χ4v) is 6.01. The summed E-state index contributed by atoms with van der Waals surface area (Å²) in [6.07, 6.45) is 4.88. The van der Waals surface area contributed by atoms with Gasteiger partial charge in [0.15, 0.2) is 4.90 Å². The third-order valence-electron chi connectivity index (χ3n) is 6.48. The van der Waals surface area contributed by atoms with Gasteiger partial charge >= 0.3 is 5.97 Å². The first kappa shape index (κ1) is 22.8. The quantitative estimate of drug-likeness (QED) is 0.382. The molecule has 3 aliphatic rings. The molecule has 2 saturated carbocycles. The molecule has 5 rings (SSSR count). The number of carbonyl (C=O) groups is 1. The van der Waals surface area contributed by atoms with Crippen LogP contribution in [-0.2, 0) is 15.9 Å². The lowest BCUT2D eigenvalue weighted by molar-refractivity contribution is 0.0375. The monoisotopic (exact) mass is 489 g/mol. The number of benzene rings is 1. The van der Waals surface area contributed by atoms with Crippen LogP contribution in [0, 0.1) is 5.92 Å². The third kappa shape index (κ3) is 4.31. The largest absolute Gasteiger partial charge is 0.611 e. The Balaban J connectivity index is 1.62. The number of carbonyl (C=O) groups excluding carboxylic acids is 1. The molecule has 0 radical (unpaired) electrons. The van der Waals surface area contributed by atoms with Crippen LogP contribution in [0.3, 0.4) is 0 Å². The number of hydrogen-bond donors (Lipinski definition) is 0. The summed E-state index contributed by atoms with van der Waals surface area (Å²) in [5, 5.41) is 0.0318. The predicted molar refractivity (Wildman–Crippen MR) is 128 cm³/mol. The Labute approximate surface area is 201 Å². The molecule has 2 heterocycles. The second kappa shape index (κ2) is 8.67. The van der Waals surface area contributed by atoms with Gasteiger partial charge < -0.3 is 18.6 Å². The molecule has 2 atom stereocenters. The molecule has 1 aromatic heterocycles. The van der Waals surface area contributed by atoms with Crippen LogP contribution in [-0.4, -0.2) is 27.8 Å². The van der Waals surface area contributed by atoms with Crippen molar-refractivity contribution in [2.45, 2.75) is 75.2 Å². The van der Waals surface area contributed by atoms with Crippen molar-refractivity contribution in [3.8, 4) is 17.0 Å². The van der Waals surface area contributed by atoms with E-state index in [4.69, 9.17) is 21.1 Å². The van der Waals surface area contributed by atoms with E-state index in [2.05, 4.69) is 0 Å². The number of rotatable bonds is 7. The molecule has 8 heteroatoms. The van der Waals surface area contributed by atoms with Crippen molar-refractivity contribution in [2.75, 3.05) is 6.61 Å². The van der Waals surface area contributed by atoms with E-state index < -0.39 is 22.4 Å². The topological polar surface area (TPSA) is 80.6 Å². The number of fused-ring (bicyclic) bond motifs is 3. The van der Waals surface area contributed by atoms with Gasteiger partial charge in [0, 0.05) is 17.7 Å². The average Bonchev–Trinajstić information content (AvgIpc) is 3.66. The van der Waals surface area contributed by atoms with Crippen molar-refractivity contribution >= 4 is 28.7 Å². The Morgan fingerprint density at radius 3 is 2.61 bits per heavy atom. The van der Waals surface area contributed by atoms with Gasteiger partial charge in [-0.2, -0.15) is 0 Å². The Hall–Kier alpha value is -1.96. The summed E-state index contributed by atoms with van der Waals surface area (Å²) in [6.45, 7) is 5.93. The molecule has 1 aliphatic heterocycles. The zero-order chi connectivity index (χ0) is 23.4. The molecule has 2 unspecified atom stereocenters. The van der Waals surface area contributed by atoms with Crippen LogP contribution in [0.1, 0.15) is 80.1 Å². The van der Waals surface area contributed by atoms with E-state index in [-0.39, 0.29) is 23.3 Å². The van der Waals surface area contributed by atoms with Gasteiger partial charge in [0.05, 0.1) is 29.0 Å². The first-order chi connectivity index (χ1) is 15.8. The smallest absolute Gasteiger partial charge is 0.344 e. The number of halogens is 1. The van der Waals surface area contributed by atoms with Gasteiger partial charge in [0.1, 0.15) is 16.6 Å². The number of hydrogen-bond acceptors (Lipinski definition) is 5. The van der Waals surface area contributed by atoms with E-state index >= 15 is 0 Å². The van der Waals surface area contributed by atoms with Crippen LogP contribution in [0.15, 0.2) is 27.9 Å². The minimum Gasteiger partial charge on any atom is -0.611 e. The van der Waals surface area contributed by atoms with Gasteiger partial charge in [-0.15, -0.1) is 0 Å². The van der Waals surface area contributed by atoms with Crippen LogP contribution >= 0.6 is 11.6 Å². The average molecular weight is 490 g/mol. The highest BCUT2D eigenvalue weighted by molar-refractivity contribution is 7.91. The van der Waals surface area contributed by atoms with E-state index in [1.54, 1.807) is 36.6 Å². The van der Waals surface area contributed by atoms with Gasteiger partial charge in [0.25, 0.3) is 5.56 Å². The van der Waals surface area contributed by atoms with Crippen molar-refractivity contribution in [1.29, 1.82) is 0 Å². The lowest BCUT2D eigenvalue weighted by Gasteiger charge is -2.30. The first-order valence-corrected chi connectivity index (χ1v) is 13.2. The van der Waals surface area contributed by atoms with E-state index in [1.165, 1.54) is 12.8 Å². The van der Waals surface area contributed by atoms with Gasteiger partial charge in [-0.05, 0) is 69.3 Å². The number of pyridine rings is 1. The summed E-state index contributed by atoms with van der Waals surface area (Å²) >= 11 is 5.20. The summed E-state index contributed by atoms with van der Waals surface area (Å²) in [5.74, 6) is 0.623. The van der Waals surface area contributed by atoms with E-state index in [1.807, 2.05) is 6.92 Å². The zero-order valence-electron chi connectivity index (χ0n) is 19.1. The molecule has 2 aliphatic carbocycles. The maximum absolute atomic E-state index is 13.5. The Bertz CT molecular complexity index is 1170. The standard InChI is InChI=1S/C25H28ClNO5S/c1-13(2)32-25(29)19-10-17-14(3)33(30)22-12-21(31-9-8-15-4-5-15)20(26)11-18(22)23(17)27(24(19)28)16-6-7-16/h10-16H,4-9H2,1-3H3. The number of ether oxygens (including phenoxy) is 2. The highest BCUT2D eigenvalue weighted by Gasteiger charge is 2.41. The van der Waals surface area contributed by atoms with Gasteiger partial charge in [-0.3, -0.25) is 4.79 Å². The third-order valence-corrected chi connectivity index (χ3v) is 8.45. The fourth-order valence-electron chi connectivity index (χ4n) is 4.40. The molecule has 176 valence electrons. The maximum Gasteiger partial charge on any atom is 0.344 e. The lowest BCUT2D eigenvalue weighted by Crippen LogP contribution is -2.33. The Morgan fingerprint density at radius 2 is 1.97 bits per heavy atom. The lowest BCUT2D eigenvalue weighted by atomic mass is 9.99. The molecule has 2 fully saturated rings. The highest BCUT2D eigenvalue weighted by Crippen LogP contribution is 2.49. The molecule has 2 aromatic rings. The normalized spacial score (nSPS) is 21.5. The Kier molecular flexibility index (Phi) is 6.00. The minimum absolute atomic E-state index is 0.00669. The Morgan fingerprint density at radius 1 is 1.24 bits per heavy atom. The van der Waals surface area contributed by atoms with Gasteiger partial charge in [0.2, 0.25) is 0 Å². The summed E-state index contributed by atoms with van der Waals surface area (Å²) < 4.78 is 26.4.